The minimum absolute atomic E-state index is 0.00184. The molecule has 0 spiro atoms. The number of phenols is 1. The average molecular weight is 636 g/mol. The Labute approximate surface area is 247 Å². The number of rotatable bonds is 10. The Balaban J connectivity index is 2.25. The number of alkyl halides is 3. The molecule has 1 unspecified atom stereocenters. The molecular formula is C25H26Cl2F3N5O7. The van der Waals surface area contributed by atoms with Crippen molar-refractivity contribution in [2.24, 2.45) is 10.7 Å². The third kappa shape index (κ3) is 10.3. The van der Waals surface area contributed by atoms with E-state index in [1.807, 2.05) is 5.32 Å². The van der Waals surface area contributed by atoms with Crippen molar-refractivity contribution in [2.45, 2.75) is 32.5 Å². The molecule has 2 aromatic carbocycles. The number of nitrogens with one attached hydrogen (secondary N) is 3. The Morgan fingerprint density at radius 2 is 1.71 bits per heavy atom. The second-order valence-corrected chi connectivity index (χ2v) is 9.09. The van der Waals surface area contributed by atoms with Crippen molar-refractivity contribution in [1.82, 2.24) is 16.0 Å². The molecule has 2 rings (SSSR count). The van der Waals surface area contributed by atoms with E-state index in [0.717, 1.165) is 6.07 Å². The van der Waals surface area contributed by atoms with Gasteiger partial charge in [-0.1, -0.05) is 23.2 Å². The summed E-state index contributed by atoms with van der Waals surface area (Å²) >= 11 is 11.9. The van der Waals surface area contributed by atoms with Crippen molar-refractivity contribution in [1.29, 1.82) is 0 Å². The van der Waals surface area contributed by atoms with E-state index < -0.39 is 77.6 Å². The van der Waals surface area contributed by atoms with Crippen LogP contribution >= 0.6 is 23.2 Å². The van der Waals surface area contributed by atoms with Crippen molar-refractivity contribution in [3.05, 3.63) is 57.1 Å². The molecule has 228 valence electrons. The number of amides is 3. The lowest BCUT2D eigenvalue weighted by atomic mass is 10.0. The molecule has 2 aromatic rings. The summed E-state index contributed by atoms with van der Waals surface area (Å²) in [5, 5.41) is 16.9. The summed E-state index contributed by atoms with van der Waals surface area (Å²) in [5.74, 6) is -3.79. The van der Waals surface area contributed by atoms with Crippen molar-refractivity contribution in [2.75, 3.05) is 19.8 Å². The van der Waals surface area contributed by atoms with E-state index in [2.05, 4.69) is 20.4 Å². The number of ether oxygens (including phenoxy) is 2. The highest BCUT2D eigenvalue weighted by Crippen LogP contribution is 2.36. The number of nitrogens with two attached hydrogens (primary N) is 1. The molecule has 0 heterocycles. The van der Waals surface area contributed by atoms with Gasteiger partial charge >= 0.3 is 18.2 Å². The molecule has 6 N–H and O–H groups in total. The van der Waals surface area contributed by atoms with E-state index in [0.29, 0.717) is 12.1 Å². The zero-order valence-corrected chi connectivity index (χ0v) is 23.6. The zero-order valence-electron chi connectivity index (χ0n) is 22.1. The number of benzene rings is 2. The van der Waals surface area contributed by atoms with E-state index in [1.165, 1.54) is 19.1 Å². The number of hydrogen-bond donors (Lipinski definition) is 5. The number of nitrogens with zero attached hydrogens (tertiary/aromatic N) is 1. The number of aromatic hydroxyl groups is 1. The monoisotopic (exact) mass is 635 g/mol. The first kappa shape index (κ1) is 34.0. The fourth-order valence-electron chi connectivity index (χ4n) is 3.39. The number of aliphatic imine (C=N–C) groups is 1. The second kappa shape index (κ2) is 15.1. The van der Waals surface area contributed by atoms with Crippen LogP contribution in [-0.4, -0.2) is 54.7 Å². The van der Waals surface area contributed by atoms with Crippen LogP contribution in [0, 0.1) is 0 Å². The lowest BCUT2D eigenvalue weighted by molar-refractivity contribution is -0.144. The summed E-state index contributed by atoms with van der Waals surface area (Å²) in [5.41, 5.74) is 3.28. The van der Waals surface area contributed by atoms with Gasteiger partial charge in [0.2, 0.25) is 11.9 Å². The molecule has 42 heavy (non-hydrogen) atoms. The van der Waals surface area contributed by atoms with Crippen LogP contribution in [0.3, 0.4) is 0 Å². The maximum Gasteiger partial charge on any atom is 0.416 e. The SMILES string of the molecule is CCOC(=O)CC(NC(=O)CNC(=O)c1cc(N=C(N)NC(=O)OCC)cc(C(F)(F)F)c1)c1cc(Cl)cc(Cl)c1O. The van der Waals surface area contributed by atoms with Crippen molar-refractivity contribution < 1.29 is 46.9 Å². The number of phenolic OH excluding ortho intramolecular Hbond substituents is 1. The molecule has 0 radical (unpaired) electrons. The van der Waals surface area contributed by atoms with Gasteiger partial charge in [0.1, 0.15) is 5.75 Å². The fourth-order valence-corrected chi connectivity index (χ4v) is 3.90. The Kier molecular flexibility index (Phi) is 12.2. The molecule has 0 saturated heterocycles. The maximum absolute atomic E-state index is 13.5. The maximum atomic E-state index is 13.5. The topological polar surface area (TPSA) is 181 Å². The highest BCUT2D eigenvalue weighted by Gasteiger charge is 2.32. The van der Waals surface area contributed by atoms with Crippen LogP contribution in [0.2, 0.25) is 10.0 Å². The van der Waals surface area contributed by atoms with E-state index >= 15 is 0 Å². The quantitative estimate of drug-likeness (QED) is 0.148. The number of carbonyl (C=O) groups is 4. The number of alkyl carbamates (subject to hydrolysis) is 1. The van der Waals surface area contributed by atoms with Gasteiger partial charge < -0.3 is 30.9 Å². The second-order valence-electron chi connectivity index (χ2n) is 8.25. The molecular weight excluding hydrogens is 610 g/mol. The van der Waals surface area contributed by atoms with Crippen LogP contribution < -0.4 is 21.7 Å². The number of halogens is 5. The average Bonchev–Trinajstić information content (AvgIpc) is 2.88. The Morgan fingerprint density at radius 3 is 2.33 bits per heavy atom. The largest absolute Gasteiger partial charge is 0.506 e. The van der Waals surface area contributed by atoms with Crippen molar-refractivity contribution in [3.8, 4) is 5.75 Å². The highest BCUT2D eigenvalue weighted by molar-refractivity contribution is 6.35. The molecule has 0 aliphatic heterocycles. The predicted molar refractivity (Wildman–Crippen MR) is 145 cm³/mol. The molecule has 17 heteroatoms. The van der Waals surface area contributed by atoms with Gasteiger partial charge in [0.25, 0.3) is 5.91 Å². The van der Waals surface area contributed by atoms with Crippen molar-refractivity contribution in [3.63, 3.8) is 0 Å². The summed E-state index contributed by atoms with van der Waals surface area (Å²) in [6.45, 7) is 2.35. The highest BCUT2D eigenvalue weighted by atomic mass is 35.5. The molecule has 0 bridgehead atoms. The first-order valence-electron chi connectivity index (χ1n) is 12.1. The Morgan fingerprint density at radius 1 is 1.05 bits per heavy atom. The van der Waals surface area contributed by atoms with Crippen LogP contribution in [0.4, 0.5) is 23.7 Å². The Bertz CT molecular complexity index is 1370. The molecule has 0 aromatic heterocycles. The van der Waals surface area contributed by atoms with E-state index in [-0.39, 0.29) is 28.8 Å². The van der Waals surface area contributed by atoms with Crippen LogP contribution in [0.15, 0.2) is 35.3 Å². The number of esters is 1. The minimum Gasteiger partial charge on any atom is -0.506 e. The number of carbonyl (C=O) groups excluding carboxylic acids is 4. The lowest BCUT2D eigenvalue weighted by Gasteiger charge is -2.20. The first-order valence-corrected chi connectivity index (χ1v) is 12.8. The summed E-state index contributed by atoms with van der Waals surface area (Å²) in [4.78, 5) is 52.7. The van der Waals surface area contributed by atoms with E-state index in [9.17, 15) is 37.5 Å². The summed E-state index contributed by atoms with van der Waals surface area (Å²) in [6.07, 6.45) is -6.33. The van der Waals surface area contributed by atoms with Crippen LogP contribution in [-0.2, 0) is 25.2 Å². The standard InChI is InChI=1S/C25H26Cl2F3N5O7/c1-3-41-20(37)10-18(16-8-14(26)9-17(27)21(16)38)34-19(36)11-32-22(39)12-5-13(25(28,29)30)7-15(6-12)33-23(31)35-24(40)42-4-2/h5-9,18,38H,3-4,10-11H2,1-2H3,(H,32,39)(H,34,36)(H3,31,33,35,40). The third-order valence-corrected chi connectivity index (χ3v) is 5.62. The zero-order chi connectivity index (χ0) is 31.6. The molecule has 12 nitrogen and oxygen atoms in total. The third-order valence-electron chi connectivity index (χ3n) is 5.12. The smallest absolute Gasteiger partial charge is 0.416 e. The van der Waals surface area contributed by atoms with Gasteiger partial charge in [-0.15, -0.1) is 0 Å². The molecule has 0 aliphatic carbocycles. The summed E-state index contributed by atoms with van der Waals surface area (Å²) < 4.78 is 50.0. The fraction of sp³-hybridized carbons (Fsp3) is 0.320. The van der Waals surface area contributed by atoms with Gasteiger partial charge in [0, 0.05) is 16.1 Å². The minimum atomic E-state index is -4.89. The molecule has 3 amide bonds. The van der Waals surface area contributed by atoms with Gasteiger partial charge in [0.15, 0.2) is 0 Å². The number of hydrogen-bond acceptors (Lipinski definition) is 8. The summed E-state index contributed by atoms with van der Waals surface area (Å²) in [6, 6.07) is 3.35. The molecule has 1 atom stereocenters. The van der Waals surface area contributed by atoms with Gasteiger partial charge in [-0.3, -0.25) is 19.7 Å². The van der Waals surface area contributed by atoms with Gasteiger partial charge in [-0.05, 0) is 44.2 Å². The van der Waals surface area contributed by atoms with Crippen LogP contribution in [0.1, 0.15) is 47.8 Å². The summed E-state index contributed by atoms with van der Waals surface area (Å²) in [7, 11) is 0. The number of guanidine groups is 1. The van der Waals surface area contributed by atoms with Crippen LogP contribution in [0.5, 0.6) is 5.75 Å². The van der Waals surface area contributed by atoms with Gasteiger partial charge in [-0.25, -0.2) is 9.79 Å². The normalized spacial score (nSPS) is 12.2. The van der Waals surface area contributed by atoms with Crippen LogP contribution in [0.25, 0.3) is 0 Å². The molecule has 0 aliphatic rings. The lowest BCUT2D eigenvalue weighted by Crippen LogP contribution is -2.39. The van der Waals surface area contributed by atoms with Gasteiger partial charge in [-0.2, -0.15) is 13.2 Å². The molecule has 0 fully saturated rings. The van der Waals surface area contributed by atoms with Gasteiger partial charge in [0.05, 0.1) is 48.5 Å². The molecule has 0 saturated carbocycles. The first-order chi connectivity index (χ1) is 19.6. The van der Waals surface area contributed by atoms with E-state index in [1.54, 1.807) is 6.92 Å². The Hall–Kier alpha value is -4.24. The van der Waals surface area contributed by atoms with E-state index in [4.69, 9.17) is 33.7 Å². The predicted octanol–water partition coefficient (Wildman–Crippen LogP) is 3.95. The van der Waals surface area contributed by atoms with Crippen molar-refractivity contribution >= 4 is 58.7 Å².